The minimum absolute atomic E-state index is 0.621. The fourth-order valence-corrected chi connectivity index (χ4v) is 6.88. The summed E-state index contributed by atoms with van der Waals surface area (Å²) in [7, 11) is 0. The molecule has 2 fully saturated rings. The zero-order valence-electron chi connectivity index (χ0n) is 23.0. The molecule has 6 rings (SSSR count). The zero-order valence-corrected chi connectivity index (χ0v) is 23.8. The average Bonchev–Trinajstić information content (AvgIpc) is 3.55. The Balaban J connectivity index is 1.36. The Kier molecular flexibility index (Phi) is 7.22. The first kappa shape index (κ1) is 25.5. The summed E-state index contributed by atoms with van der Waals surface area (Å²) in [6.07, 6.45) is 2.03. The monoisotopic (exact) mass is 530 g/mol. The van der Waals surface area contributed by atoms with Crippen molar-refractivity contribution in [2.75, 3.05) is 57.4 Å². The van der Waals surface area contributed by atoms with Crippen molar-refractivity contribution in [3.63, 3.8) is 0 Å². The van der Waals surface area contributed by atoms with E-state index in [1.807, 2.05) is 22.2 Å². The lowest BCUT2D eigenvalue weighted by molar-refractivity contribution is 0.104. The summed E-state index contributed by atoms with van der Waals surface area (Å²) in [4.78, 5) is 14.3. The second kappa shape index (κ2) is 10.8. The van der Waals surface area contributed by atoms with Crippen LogP contribution in [0.2, 0.25) is 0 Å². The van der Waals surface area contributed by atoms with Crippen LogP contribution in [0.4, 0.5) is 5.69 Å². The average molecular weight is 531 g/mol. The van der Waals surface area contributed by atoms with E-state index in [1.165, 1.54) is 26.4 Å². The highest BCUT2D eigenvalue weighted by atomic mass is 32.1. The van der Waals surface area contributed by atoms with E-state index in [0.717, 1.165) is 81.6 Å². The molecule has 38 heavy (non-hydrogen) atoms. The normalized spacial score (nSPS) is 17.7. The molecular weight excluding hydrogens is 492 g/mol. The molecule has 0 aliphatic carbocycles. The standard InChI is InChI=1S/C30H38N6OS/c1-21(2)34-12-10-33(11-13-34)20-27-23(4)29-30(38-27)26(35-14-16-37-17-15-35)19-28(31-29)36-9-8-25(32-36)24-7-5-6-22(3)18-24/h5-9,18-19,21H,10-17,20H2,1-4H3. The number of aryl methyl sites for hydroxylation is 2. The van der Waals surface area contributed by atoms with Gasteiger partial charge in [0.25, 0.3) is 0 Å². The molecule has 2 aliphatic heterocycles. The minimum Gasteiger partial charge on any atom is -0.378 e. The number of rotatable bonds is 6. The molecule has 200 valence electrons. The molecule has 0 N–H and O–H groups in total. The van der Waals surface area contributed by atoms with Crippen molar-refractivity contribution in [3.05, 3.63) is 58.6 Å². The number of anilines is 1. The summed E-state index contributed by atoms with van der Waals surface area (Å²) in [5, 5.41) is 4.94. The molecule has 0 bridgehead atoms. The quantitative estimate of drug-likeness (QED) is 0.345. The number of hydrogen-bond acceptors (Lipinski definition) is 7. The van der Waals surface area contributed by atoms with Gasteiger partial charge in [-0.15, -0.1) is 11.3 Å². The number of morpholine rings is 1. The number of nitrogens with zero attached hydrogens (tertiary/aromatic N) is 6. The maximum Gasteiger partial charge on any atom is 0.156 e. The summed E-state index contributed by atoms with van der Waals surface area (Å²) in [6.45, 7) is 17.8. The van der Waals surface area contributed by atoms with Crippen LogP contribution < -0.4 is 4.90 Å². The molecule has 5 heterocycles. The number of hydrogen-bond donors (Lipinski definition) is 0. The van der Waals surface area contributed by atoms with Crippen molar-refractivity contribution in [2.45, 2.75) is 40.3 Å². The van der Waals surface area contributed by atoms with Crippen LogP contribution in [0.1, 0.15) is 29.9 Å². The SMILES string of the molecule is Cc1cccc(-c2ccn(-c3cc(N4CCOCC4)c4sc(CN5CCN(C(C)C)CC5)c(C)c4n3)n2)c1. The molecule has 3 aromatic heterocycles. The van der Waals surface area contributed by atoms with Crippen LogP contribution in [0.25, 0.3) is 27.3 Å². The van der Waals surface area contributed by atoms with Gasteiger partial charge >= 0.3 is 0 Å². The molecule has 2 aliphatic rings. The summed E-state index contributed by atoms with van der Waals surface area (Å²) >= 11 is 1.92. The van der Waals surface area contributed by atoms with Gasteiger partial charge < -0.3 is 9.64 Å². The Morgan fingerprint density at radius 3 is 2.50 bits per heavy atom. The molecule has 7 nitrogen and oxygen atoms in total. The number of fused-ring (bicyclic) bond motifs is 1. The highest BCUT2D eigenvalue weighted by Crippen LogP contribution is 2.39. The summed E-state index contributed by atoms with van der Waals surface area (Å²) in [6, 6.07) is 13.4. The Hall–Kier alpha value is -2.78. The predicted molar refractivity (Wildman–Crippen MR) is 157 cm³/mol. The van der Waals surface area contributed by atoms with Crippen molar-refractivity contribution in [2.24, 2.45) is 0 Å². The Bertz CT molecular complexity index is 1410. The molecule has 4 aromatic rings. The van der Waals surface area contributed by atoms with Crippen LogP contribution in [0.15, 0.2) is 42.6 Å². The van der Waals surface area contributed by atoms with Gasteiger partial charge in [-0.25, -0.2) is 9.67 Å². The Morgan fingerprint density at radius 1 is 0.974 bits per heavy atom. The fourth-order valence-electron chi connectivity index (χ4n) is 5.55. The topological polar surface area (TPSA) is 49.7 Å². The first-order valence-corrected chi connectivity index (χ1v) is 14.6. The van der Waals surface area contributed by atoms with Gasteiger partial charge in [0.05, 0.1) is 34.8 Å². The summed E-state index contributed by atoms with van der Waals surface area (Å²) < 4.78 is 8.90. The van der Waals surface area contributed by atoms with Crippen LogP contribution in [-0.2, 0) is 11.3 Å². The molecule has 0 atom stereocenters. The van der Waals surface area contributed by atoms with Crippen LogP contribution in [-0.4, -0.2) is 83.1 Å². The van der Waals surface area contributed by atoms with Crippen molar-refractivity contribution < 1.29 is 4.74 Å². The molecule has 0 saturated carbocycles. The fraction of sp³-hybridized carbons (Fsp3) is 0.467. The molecule has 2 saturated heterocycles. The highest BCUT2D eigenvalue weighted by molar-refractivity contribution is 7.19. The Morgan fingerprint density at radius 2 is 1.76 bits per heavy atom. The highest BCUT2D eigenvalue weighted by Gasteiger charge is 2.24. The van der Waals surface area contributed by atoms with Crippen molar-refractivity contribution in [1.82, 2.24) is 24.6 Å². The smallest absolute Gasteiger partial charge is 0.156 e. The number of thiophene rings is 1. The largest absolute Gasteiger partial charge is 0.378 e. The van der Waals surface area contributed by atoms with Crippen molar-refractivity contribution >= 4 is 27.2 Å². The van der Waals surface area contributed by atoms with Gasteiger partial charge in [-0.2, -0.15) is 5.10 Å². The third-order valence-corrected chi connectivity index (χ3v) is 9.22. The third kappa shape index (κ3) is 5.10. The lowest BCUT2D eigenvalue weighted by Crippen LogP contribution is -2.48. The summed E-state index contributed by atoms with van der Waals surface area (Å²) in [5.74, 6) is 0.871. The van der Waals surface area contributed by atoms with Crippen LogP contribution in [0.5, 0.6) is 0 Å². The third-order valence-electron chi connectivity index (χ3n) is 7.93. The van der Waals surface area contributed by atoms with E-state index in [-0.39, 0.29) is 0 Å². The van der Waals surface area contributed by atoms with E-state index in [2.05, 4.69) is 78.8 Å². The number of piperazine rings is 1. The molecule has 1 aromatic carbocycles. The molecule has 0 amide bonds. The van der Waals surface area contributed by atoms with Gasteiger partial charge in [-0.3, -0.25) is 9.80 Å². The van der Waals surface area contributed by atoms with Gasteiger partial charge in [-0.05, 0) is 45.4 Å². The maximum absolute atomic E-state index is 5.68. The van der Waals surface area contributed by atoms with E-state index in [0.29, 0.717) is 6.04 Å². The Labute approximate surface area is 229 Å². The van der Waals surface area contributed by atoms with Crippen molar-refractivity contribution in [3.8, 4) is 17.1 Å². The van der Waals surface area contributed by atoms with Crippen LogP contribution in [0.3, 0.4) is 0 Å². The first-order valence-electron chi connectivity index (χ1n) is 13.8. The molecule has 0 unspecified atom stereocenters. The van der Waals surface area contributed by atoms with Gasteiger partial charge in [0.15, 0.2) is 5.82 Å². The zero-order chi connectivity index (χ0) is 26.2. The number of benzene rings is 1. The van der Waals surface area contributed by atoms with Crippen molar-refractivity contribution in [1.29, 1.82) is 0 Å². The molecule has 0 spiro atoms. The molecule has 0 radical (unpaired) electrons. The van der Waals surface area contributed by atoms with E-state index in [1.54, 1.807) is 0 Å². The maximum atomic E-state index is 5.68. The predicted octanol–water partition coefficient (Wildman–Crippen LogP) is 5.13. The first-order chi connectivity index (χ1) is 18.5. The van der Waals surface area contributed by atoms with Gasteiger partial charge in [0.1, 0.15) is 0 Å². The molecular formula is C30H38N6OS. The van der Waals surface area contributed by atoms with E-state index >= 15 is 0 Å². The lowest BCUT2D eigenvalue weighted by Gasteiger charge is -2.36. The second-order valence-corrected chi connectivity index (χ2v) is 12.0. The minimum atomic E-state index is 0.621. The number of pyridine rings is 1. The van der Waals surface area contributed by atoms with Crippen LogP contribution in [0, 0.1) is 13.8 Å². The number of aromatic nitrogens is 3. The van der Waals surface area contributed by atoms with E-state index < -0.39 is 0 Å². The van der Waals surface area contributed by atoms with Gasteiger partial charge in [0.2, 0.25) is 0 Å². The van der Waals surface area contributed by atoms with Gasteiger partial charge in [-0.1, -0.05) is 23.8 Å². The molecule has 8 heteroatoms. The van der Waals surface area contributed by atoms with E-state index in [4.69, 9.17) is 14.8 Å². The number of ether oxygens (including phenoxy) is 1. The van der Waals surface area contributed by atoms with E-state index in [9.17, 15) is 0 Å². The van der Waals surface area contributed by atoms with Crippen LogP contribution >= 0.6 is 11.3 Å². The second-order valence-electron chi connectivity index (χ2n) is 10.8. The van der Waals surface area contributed by atoms with Gasteiger partial charge in [0, 0.05) is 74.6 Å². The summed E-state index contributed by atoms with van der Waals surface area (Å²) in [5.41, 5.74) is 7.00. The lowest BCUT2D eigenvalue weighted by atomic mass is 10.1.